The molecule has 2 saturated heterocycles. The van der Waals surface area contributed by atoms with Gasteiger partial charge in [-0.2, -0.15) is 0 Å². The minimum Gasteiger partial charge on any atom is -0.481 e. The van der Waals surface area contributed by atoms with Crippen molar-refractivity contribution >= 4 is 47.2 Å². The van der Waals surface area contributed by atoms with Crippen LogP contribution in [0.3, 0.4) is 0 Å². The number of carbonyl (C=O) groups excluding carboxylic acids is 6. The van der Waals surface area contributed by atoms with Gasteiger partial charge < -0.3 is 39.1 Å². The van der Waals surface area contributed by atoms with Crippen molar-refractivity contribution < 1.29 is 48.1 Å². The Bertz CT molecular complexity index is 2220. The Hall–Kier alpha value is -6.02. The van der Waals surface area contributed by atoms with E-state index in [2.05, 4.69) is 15.2 Å². The number of benzene rings is 1. The molecular weight excluding hydrogens is 925 g/mol. The molecule has 2 fully saturated rings. The van der Waals surface area contributed by atoms with Gasteiger partial charge in [-0.25, -0.2) is 4.99 Å². The summed E-state index contributed by atoms with van der Waals surface area (Å²) < 4.78 is 13.7. The summed E-state index contributed by atoms with van der Waals surface area (Å²) in [6, 6.07) is 7.58. The minimum absolute atomic E-state index is 0.0111. The maximum Gasteiger partial charge on any atom is 0.307 e. The third kappa shape index (κ3) is 14.6. The van der Waals surface area contributed by atoms with E-state index in [9.17, 15) is 38.7 Å². The highest BCUT2D eigenvalue weighted by Crippen LogP contribution is 2.31. The number of aryl methyl sites for hydroxylation is 1. The summed E-state index contributed by atoms with van der Waals surface area (Å²) in [5.41, 5.74) is 1.32. The Morgan fingerprint density at radius 1 is 0.875 bits per heavy atom. The number of hydrogen-bond acceptors (Lipinski definition) is 12. The van der Waals surface area contributed by atoms with Crippen LogP contribution in [0.5, 0.6) is 0 Å². The summed E-state index contributed by atoms with van der Waals surface area (Å²) in [7, 11) is 8.62. The number of ketones is 1. The number of aromatic nitrogens is 3. The van der Waals surface area contributed by atoms with Crippen molar-refractivity contribution in [1.29, 1.82) is 0 Å². The van der Waals surface area contributed by atoms with Crippen molar-refractivity contribution in [3.05, 3.63) is 59.9 Å². The molecular formula is C52H78N10O10. The highest BCUT2D eigenvalue weighted by atomic mass is 16.5. The van der Waals surface area contributed by atoms with Crippen molar-refractivity contribution in [1.82, 2.24) is 44.4 Å². The van der Waals surface area contributed by atoms with E-state index in [0.717, 1.165) is 10.5 Å². The van der Waals surface area contributed by atoms with Crippen molar-refractivity contribution in [2.45, 2.75) is 129 Å². The number of carbonyl (C=O) groups is 7. The first-order chi connectivity index (χ1) is 34.3. The number of aliphatic carboxylic acids is 1. The van der Waals surface area contributed by atoms with Crippen LogP contribution in [-0.2, 0) is 62.5 Å². The second-order valence-electron chi connectivity index (χ2n) is 20.0. The normalized spacial score (nSPS) is 19.3. The first kappa shape index (κ1) is 56.9. The number of hydrogen-bond donors (Lipinski definition) is 1. The topological polar surface area (TPSA) is 221 Å². The fourth-order valence-corrected chi connectivity index (χ4v) is 10.2. The molecule has 1 N–H and O–H groups in total. The molecule has 1 aromatic carbocycles. The van der Waals surface area contributed by atoms with Gasteiger partial charge in [0.15, 0.2) is 5.96 Å². The van der Waals surface area contributed by atoms with Crippen LogP contribution in [0.2, 0.25) is 0 Å². The monoisotopic (exact) mass is 1000 g/mol. The lowest BCUT2D eigenvalue weighted by Crippen LogP contribution is -2.56. The van der Waals surface area contributed by atoms with Gasteiger partial charge in [0.2, 0.25) is 17.7 Å². The molecule has 0 spiro atoms. The van der Waals surface area contributed by atoms with Crippen LogP contribution >= 0.6 is 0 Å². The maximum absolute atomic E-state index is 14.8. The van der Waals surface area contributed by atoms with Crippen LogP contribution in [0.25, 0.3) is 0 Å². The van der Waals surface area contributed by atoms with E-state index < -0.39 is 48.1 Å². The van der Waals surface area contributed by atoms with E-state index in [-0.39, 0.29) is 73.0 Å². The number of ether oxygens (including phenoxy) is 2. The van der Waals surface area contributed by atoms with Crippen molar-refractivity contribution in [2.24, 2.45) is 28.7 Å². The molecule has 3 aliphatic heterocycles. The minimum atomic E-state index is -1.04. The van der Waals surface area contributed by atoms with Crippen molar-refractivity contribution in [2.75, 3.05) is 68.1 Å². The number of guanidine groups is 1. The number of methoxy groups -OCH3 is 2. The van der Waals surface area contributed by atoms with Gasteiger partial charge in [0.05, 0.1) is 49.4 Å². The molecule has 0 unspecified atom stereocenters. The third-order valence-electron chi connectivity index (χ3n) is 14.5. The predicted molar refractivity (Wildman–Crippen MR) is 269 cm³/mol. The van der Waals surface area contributed by atoms with Crippen LogP contribution in [0.1, 0.15) is 90.8 Å². The standard InChI is InChI=1S/C52H78N10O10/c1-11-35(4)48(42(71-9)31-46(67)61-24-15-19-40(61)49(72-10)36(5)41(63)30-38(51(69)70)29-37-17-13-12-14-18-37)57(8)50(68)47(34(2)3)53-52(56(6)7)59-27-25-58(26-28-59)43(64)20-16-23-60-32-39(54-55-60)33-62-44(65)21-22-45(62)66/h12-14,17-18,21-22,32,34-36,38,40,42,47-49H,11,15-16,19-20,23-31,33H2,1-10H3,(H,69,70)/t35-,36-,38+,40-,42+,47-,48-,49+/m0/s1. The molecule has 0 aliphatic carbocycles. The number of nitrogens with zero attached hydrogens (tertiary/aromatic N) is 10. The molecule has 0 radical (unpaired) electrons. The zero-order chi connectivity index (χ0) is 52.8. The Labute approximate surface area is 424 Å². The molecule has 20 heteroatoms. The molecule has 3 aliphatic rings. The van der Waals surface area contributed by atoms with Gasteiger partial charge in [-0.05, 0) is 43.1 Å². The number of Topliss-reactive ketones (excluding diaryl/α,β-unsaturated/α-hetero) is 1. The molecule has 396 valence electrons. The first-order valence-electron chi connectivity index (χ1n) is 25.4. The third-order valence-corrected chi connectivity index (χ3v) is 14.5. The SMILES string of the molecule is CC[C@H](C)[C@@H]([C@@H](CC(=O)N1CCC[C@H]1[C@H](OC)[C@@H](C)C(=O)C[C@@H](Cc1ccccc1)C(=O)O)OC)N(C)C(=O)[C@@H](N=C(N(C)C)N1CCN(C(=O)CCCn2cc(CN3C(=O)C=CC3=O)nn2)CC1)C(C)C. The first-order valence-corrected chi connectivity index (χ1v) is 25.4. The molecule has 8 atom stereocenters. The number of likely N-dealkylation sites (tertiary alicyclic amines) is 1. The fraction of sp³-hybridized carbons (Fsp3) is 0.654. The smallest absolute Gasteiger partial charge is 0.307 e. The lowest BCUT2D eigenvalue weighted by Gasteiger charge is -2.41. The summed E-state index contributed by atoms with van der Waals surface area (Å²) in [6.07, 6.45) is 5.74. The van der Waals surface area contributed by atoms with E-state index >= 15 is 0 Å². The van der Waals surface area contributed by atoms with Crippen LogP contribution in [0, 0.1) is 23.7 Å². The average molecular weight is 1000 g/mol. The number of carboxylic acid groups (broad SMARTS) is 1. The highest BCUT2D eigenvalue weighted by Gasteiger charge is 2.43. The lowest BCUT2D eigenvalue weighted by molar-refractivity contribution is -0.147. The molecule has 5 amide bonds. The van der Waals surface area contributed by atoms with Gasteiger partial charge in [0, 0.05) is 106 Å². The molecule has 4 heterocycles. The van der Waals surface area contributed by atoms with Crippen LogP contribution < -0.4 is 0 Å². The van der Waals surface area contributed by atoms with Gasteiger partial charge in [0.1, 0.15) is 17.5 Å². The quantitative estimate of drug-likeness (QED) is 0.0857. The number of piperazine rings is 1. The fourth-order valence-electron chi connectivity index (χ4n) is 10.2. The van der Waals surface area contributed by atoms with Crippen LogP contribution in [-0.4, -0.2) is 195 Å². The predicted octanol–water partition coefficient (Wildman–Crippen LogP) is 3.39. The summed E-state index contributed by atoms with van der Waals surface area (Å²) in [5, 5.41) is 18.2. The molecule has 1 aromatic heterocycles. The molecule has 5 rings (SSSR count). The van der Waals surface area contributed by atoms with E-state index in [0.29, 0.717) is 83.0 Å². The number of carboxylic acids is 1. The van der Waals surface area contributed by atoms with Crippen LogP contribution in [0.15, 0.2) is 53.7 Å². The zero-order valence-electron chi connectivity index (χ0n) is 44.0. The number of rotatable bonds is 25. The van der Waals surface area contributed by atoms with Gasteiger partial charge >= 0.3 is 5.97 Å². The molecule has 72 heavy (non-hydrogen) atoms. The van der Waals surface area contributed by atoms with Gasteiger partial charge in [-0.15, -0.1) is 5.10 Å². The Morgan fingerprint density at radius 2 is 1.53 bits per heavy atom. The van der Waals surface area contributed by atoms with E-state index in [4.69, 9.17) is 14.5 Å². The number of aliphatic imine (C=N–C) groups is 1. The largest absolute Gasteiger partial charge is 0.481 e. The second-order valence-corrected chi connectivity index (χ2v) is 20.0. The zero-order valence-corrected chi connectivity index (χ0v) is 44.0. The second kappa shape index (κ2) is 26.6. The molecule has 2 aromatic rings. The van der Waals surface area contributed by atoms with Crippen molar-refractivity contribution in [3.63, 3.8) is 0 Å². The van der Waals surface area contributed by atoms with Gasteiger partial charge in [0.25, 0.3) is 11.8 Å². The van der Waals surface area contributed by atoms with Crippen LogP contribution in [0.4, 0.5) is 0 Å². The Balaban J connectivity index is 1.20. The summed E-state index contributed by atoms with van der Waals surface area (Å²) in [4.78, 5) is 108. The molecule has 0 saturated carbocycles. The highest BCUT2D eigenvalue weighted by molar-refractivity contribution is 6.12. The number of amides is 5. The van der Waals surface area contributed by atoms with E-state index in [1.807, 2.05) is 81.9 Å². The lowest BCUT2D eigenvalue weighted by atomic mass is 9.85. The molecule has 0 bridgehead atoms. The summed E-state index contributed by atoms with van der Waals surface area (Å²) >= 11 is 0. The Kier molecular flexibility index (Phi) is 21.0. The summed E-state index contributed by atoms with van der Waals surface area (Å²) in [6.45, 7) is 12.7. The Morgan fingerprint density at radius 3 is 2.11 bits per heavy atom. The van der Waals surface area contributed by atoms with E-state index in [1.165, 1.54) is 19.3 Å². The molecule has 20 nitrogen and oxygen atoms in total. The van der Waals surface area contributed by atoms with E-state index in [1.54, 1.807) is 41.8 Å². The number of likely N-dealkylation sites (N-methyl/N-ethyl adjacent to an activating group) is 1. The van der Waals surface area contributed by atoms with Gasteiger partial charge in [-0.1, -0.05) is 76.6 Å². The number of imide groups is 1. The maximum atomic E-state index is 14.8. The average Bonchev–Trinajstić information content (AvgIpc) is 4.11. The van der Waals surface area contributed by atoms with Gasteiger partial charge in [-0.3, -0.25) is 43.1 Å². The van der Waals surface area contributed by atoms with Crippen molar-refractivity contribution in [3.8, 4) is 0 Å². The summed E-state index contributed by atoms with van der Waals surface area (Å²) in [5.74, 6) is -3.59.